The molecule has 1 heterocycles. The SMILES string of the molecule is COCC(C)NC(=O)c1ccccc1CSc1nc2ccccc2[nH]1. The van der Waals surface area contributed by atoms with Crippen molar-refractivity contribution in [3.63, 3.8) is 0 Å². The second-order valence-electron chi connectivity index (χ2n) is 5.83. The molecule has 130 valence electrons. The second kappa shape index (κ2) is 8.18. The Bertz CT molecular complexity index is 830. The van der Waals surface area contributed by atoms with Gasteiger partial charge in [0.1, 0.15) is 0 Å². The van der Waals surface area contributed by atoms with E-state index >= 15 is 0 Å². The van der Waals surface area contributed by atoms with E-state index in [1.807, 2.05) is 55.5 Å². The van der Waals surface area contributed by atoms with Crippen molar-refractivity contribution in [3.8, 4) is 0 Å². The number of thioether (sulfide) groups is 1. The number of rotatable bonds is 7. The number of fused-ring (bicyclic) bond motifs is 1. The maximum absolute atomic E-state index is 12.5. The van der Waals surface area contributed by atoms with E-state index in [4.69, 9.17) is 4.74 Å². The summed E-state index contributed by atoms with van der Waals surface area (Å²) in [6.45, 7) is 2.41. The molecule has 0 bridgehead atoms. The molecule has 25 heavy (non-hydrogen) atoms. The van der Waals surface area contributed by atoms with Crippen LogP contribution < -0.4 is 5.32 Å². The number of amides is 1. The van der Waals surface area contributed by atoms with Crippen molar-refractivity contribution < 1.29 is 9.53 Å². The first-order valence-electron chi connectivity index (χ1n) is 8.12. The zero-order valence-corrected chi connectivity index (χ0v) is 15.1. The summed E-state index contributed by atoms with van der Waals surface area (Å²) >= 11 is 1.59. The number of hydrogen-bond donors (Lipinski definition) is 2. The average Bonchev–Trinajstić information content (AvgIpc) is 3.03. The largest absolute Gasteiger partial charge is 0.383 e. The van der Waals surface area contributed by atoms with E-state index in [1.54, 1.807) is 18.9 Å². The maximum atomic E-state index is 12.5. The predicted octanol–water partition coefficient (Wildman–Crippen LogP) is 3.62. The molecule has 1 aromatic heterocycles. The van der Waals surface area contributed by atoms with Gasteiger partial charge >= 0.3 is 0 Å². The van der Waals surface area contributed by atoms with E-state index < -0.39 is 0 Å². The number of aromatic amines is 1. The lowest BCUT2D eigenvalue weighted by Crippen LogP contribution is -2.36. The minimum absolute atomic E-state index is 0.0337. The molecule has 5 nitrogen and oxygen atoms in total. The van der Waals surface area contributed by atoms with Gasteiger partial charge in [-0.3, -0.25) is 4.79 Å². The molecule has 1 atom stereocenters. The molecule has 0 spiro atoms. The Morgan fingerprint density at radius 3 is 2.80 bits per heavy atom. The van der Waals surface area contributed by atoms with E-state index in [9.17, 15) is 4.79 Å². The fourth-order valence-electron chi connectivity index (χ4n) is 2.60. The predicted molar refractivity (Wildman–Crippen MR) is 101 cm³/mol. The van der Waals surface area contributed by atoms with E-state index in [0.717, 1.165) is 21.8 Å². The van der Waals surface area contributed by atoms with Crippen LogP contribution in [0.2, 0.25) is 0 Å². The molecule has 0 fully saturated rings. The number of ether oxygens (including phenoxy) is 1. The van der Waals surface area contributed by atoms with Crippen LogP contribution >= 0.6 is 11.8 Å². The van der Waals surface area contributed by atoms with Crippen LogP contribution in [0.25, 0.3) is 11.0 Å². The van der Waals surface area contributed by atoms with Crippen LogP contribution in [0.3, 0.4) is 0 Å². The van der Waals surface area contributed by atoms with E-state index in [1.165, 1.54) is 0 Å². The van der Waals surface area contributed by atoms with Gasteiger partial charge in [0.2, 0.25) is 0 Å². The summed E-state index contributed by atoms with van der Waals surface area (Å²) < 4.78 is 5.07. The van der Waals surface area contributed by atoms with Crippen LogP contribution in [0.15, 0.2) is 53.7 Å². The van der Waals surface area contributed by atoms with Gasteiger partial charge in [0, 0.05) is 24.5 Å². The quantitative estimate of drug-likeness (QED) is 0.635. The lowest BCUT2D eigenvalue weighted by Gasteiger charge is -2.14. The number of benzene rings is 2. The smallest absolute Gasteiger partial charge is 0.251 e. The molecule has 0 radical (unpaired) electrons. The van der Waals surface area contributed by atoms with Crippen LogP contribution in [0.5, 0.6) is 0 Å². The van der Waals surface area contributed by atoms with Crippen LogP contribution in [0, 0.1) is 0 Å². The second-order valence-corrected chi connectivity index (χ2v) is 6.80. The van der Waals surface area contributed by atoms with Crippen LogP contribution in [-0.4, -0.2) is 35.6 Å². The molecule has 2 N–H and O–H groups in total. The Balaban J connectivity index is 1.71. The molecular formula is C19H21N3O2S. The number of nitrogens with zero attached hydrogens (tertiary/aromatic N) is 1. The zero-order chi connectivity index (χ0) is 17.6. The van der Waals surface area contributed by atoms with Crippen molar-refractivity contribution in [2.75, 3.05) is 13.7 Å². The molecule has 6 heteroatoms. The number of carbonyl (C=O) groups is 1. The number of imidazole rings is 1. The third-order valence-electron chi connectivity index (χ3n) is 3.79. The standard InChI is InChI=1S/C19H21N3O2S/c1-13(11-24-2)20-18(23)15-8-4-3-7-14(15)12-25-19-21-16-9-5-6-10-17(16)22-19/h3-10,13H,11-12H2,1-2H3,(H,20,23)(H,21,22). The van der Waals surface area contributed by atoms with Gasteiger partial charge in [0.05, 0.1) is 17.6 Å². The number of H-pyrrole nitrogens is 1. The van der Waals surface area contributed by atoms with Crippen molar-refractivity contribution in [3.05, 3.63) is 59.7 Å². The van der Waals surface area contributed by atoms with Gasteiger partial charge in [-0.1, -0.05) is 42.1 Å². The number of methoxy groups -OCH3 is 1. The number of carbonyl (C=O) groups excluding carboxylic acids is 1. The van der Waals surface area contributed by atoms with E-state index in [0.29, 0.717) is 17.9 Å². The van der Waals surface area contributed by atoms with Gasteiger partial charge < -0.3 is 15.0 Å². The maximum Gasteiger partial charge on any atom is 0.251 e. The topological polar surface area (TPSA) is 67.0 Å². The zero-order valence-electron chi connectivity index (χ0n) is 14.3. The number of aromatic nitrogens is 2. The van der Waals surface area contributed by atoms with Gasteiger partial charge in [-0.25, -0.2) is 4.98 Å². The van der Waals surface area contributed by atoms with E-state index in [-0.39, 0.29) is 11.9 Å². The summed E-state index contributed by atoms with van der Waals surface area (Å²) in [4.78, 5) is 20.4. The molecule has 0 aliphatic heterocycles. The lowest BCUT2D eigenvalue weighted by atomic mass is 10.1. The van der Waals surface area contributed by atoms with Crippen molar-refractivity contribution in [1.29, 1.82) is 0 Å². The fraction of sp³-hybridized carbons (Fsp3) is 0.263. The Morgan fingerprint density at radius 1 is 1.24 bits per heavy atom. The Morgan fingerprint density at radius 2 is 2.00 bits per heavy atom. The van der Waals surface area contributed by atoms with Crippen molar-refractivity contribution in [2.24, 2.45) is 0 Å². The highest BCUT2D eigenvalue weighted by molar-refractivity contribution is 7.98. The molecule has 1 amide bonds. The molecule has 0 aliphatic rings. The number of hydrogen-bond acceptors (Lipinski definition) is 4. The molecule has 0 aliphatic carbocycles. The summed E-state index contributed by atoms with van der Waals surface area (Å²) in [7, 11) is 1.63. The molecule has 2 aromatic carbocycles. The molecule has 0 saturated carbocycles. The lowest BCUT2D eigenvalue weighted by molar-refractivity contribution is 0.0905. The third-order valence-corrected chi connectivity index (χ3v) is 4.71. The fourth-order valence-corrected chi connectivity index (χ4v) is 3.49. The first kappa shape index (κ1) is 17.5. The van der Waals surface area contributed by atoms with Gasteiger partial charge in [-0.15, -0.1) is 0 Å². The summed E-state index contributed by atoms with van der Waals surface area (Å²) in [6.07, 6.45) is 0. The van der Waals surface area contributed by atoms with Gasteiger partial charge in [0.25, 0.3) is 5.91 Å². The van der Waals surface area contributed by atoms with Crippen LogP contribution in [0.1, 0.15) is 22.8 Å². The molecule has 3 aromatic rings. The summed E-state index contributed by atoms with van der Waals surface area (Å²) in [5, 5.41) is 3.81. The van der Waals surface area contributed by atoms with Crippen molar-refractivity contribution >= 4 is 28.7 Å². The van der Waals surface area contributed by atoms with Crippen LogP contribution in [-0.2, 0) is 10.5 Å². The van der Waals surface area contributed by atoms with Gasteiger partial charge in [-0.05, 0) is 30.7 Å². The molecule has 3 rings (SSSR count). The third kappa shape index (κ3) is 4.41. The van der Waals surface area contributed by atoms with E-state index in [2.05, 4.69) is 15.3 Å². The molecule has 1 unspecified atom stereocenters. The minimum Gasteiger partial charge on any atom is -0.383 e. The average molecular weight is 355 g/mol. The monoisotopic (exact) mass is 355 g/mol. The number of nitrogens with one attached hydrogen (secondary N) is 2. The first-order chi connectivity index (χ1) is 12.2. The normalized spacial score (nSPS) is 12.2. The summed E-state index contributed by atoms with van der Waals surface area (Å²) in [5.74, 6) is 0.590. The highest BCUT2D eigenvalue weighted by atomic mass is 32.2. The Labute approximate surface area is 151 Å². The Hall–Kier alpha value is -2.31. The minimum atomic E-state index is -0.0784. The molecular weight excluding hydrogens is 334 g/mol. The summed E-state index contributed by atoms with van der Waals surface area (Å²) in [5.41, 5.74) is 3.64. The Kier molecular flexibility index (Phi) is 5.73. The molecule has 0 saturated heterocycles. The van der Waals surface area contributed by atoms with Gasteiger partial charge in [-0.2, -0.15) is 0 Å². The number of para-hydroxylation sites is 2. The van der Waals surface area contributed by atoms with Crippen molar-refractivity contribution in [2.45, 2.75) is 23.9 Å². The van der Waals surface area contributed by atoms with Gasteiger partial charge in [0.15, 0.2) is 5.16 Å². The highest BCUT2D eigenvalue weighted by Crippen LogP contribution is 2.24. The first-order valence-corrected chi connectivity index (χ1v) is 9.11. The van der Waals surface area contributed by atoms with Crippen molar-refractivity contribution in [1.82, 2.24) is 15.3 Å². The highest BCUT2D eigenvalue weighted by Gasteiger charge is 2.14. The van der Waals surface area contributed by atoms with Crippen LogP contribution in [0.4, 0.5) is 0 Å². The summed E-state index contributed by atoms with van der Waals surface area (Å²) in [6, 6.07) is 15.6.